The summed E-state index contributed by atoms with van der Waals surface area (Å²) in [6.07, 6.45) is 0.865. The van der Waals surface area contributed by atoms with Crippen LogP contribution in [-0.2, 0) is 11.2 Å². The molecule has 1 heterocycles. The minimum atomic E-state index is -0.757. The quantitative estimate of drug-likeness (QED) is 0.825. The van der Waals surface area contributed by atoms with Crippen LogP contribution in [0.3, 0.4) is 0 Å². The van der Waals surface area contributed by atoms with E-state index in [1.54, 1.807) is 0 Å². The number of rotatable bonds is 4. The molecule has 0 aliphatic rings. The van der Waals surface area contributed by atoms with E-state index in [4.69, 9.17) is 5.11 Å². The molecule has 0 aromatic carbocycles. The van der Waals surface area contributed by atoms with Crippen molar-refractivity contribution < 1.29 is 9.90 Å². The Balaban J connectivity index is 2.72. The molecule has 0 atom stereocenters. The molecule has 0 amide bonds. The van der Waals surface area contributed by atoms with E-state index < -0.39 is 5.97 Å². The molecule has 1 rings (SSSR count). The first-order valence-electron chi connectivity index (χ1n) is 5.03. The molecular weight excluding hydrogens is 190 g/mol. The Kier molecular flexibility index (Phi) is 3.45. The minimum Gasteiger partial charge on any atom is -0.481 e. The van der Waals surface area contributed by atoms with Gasteiger partial charge >= 0.3 is 5.97 Å². The van der Waals surface area contributed by atoms with Crippen molar-refractivity contribution in [2.24, 2.45) is 5.41 Å². The van der Waals surface area contributed by atoms with E-state index in [1.165, 1.54) is 0 Å². The van der Waals surface area contributed by atoms with Gasteiger partial charge in [0.05, 0.1) is 6.42 Å². The smallest absolute Gasteiger partial charge is 0.303 e. The van der Waals surface area contributed by atoms with E-state index in [0.29, 0.717) is 6.42 Å². The number of carbonyl (C=O) groups is 1. The third-order valence-corrected chi connectivity index (χ3v) is 2.24. The first-order chi connectivity index (χ1) is 6.89. The molecule has 0 spiro atoms. The van der Waals surface area contributed by atoms with Gasteiger partial charge in [0.2, 0.25) is 0 Å². The van der Waals surface area contributed by atoms with E-state index in [9.17, 15) is 4.79 Å². The van der Waals surface area contributed by atoms with Crippen molar-refractivity contribution in [2.45, 2.75) is 33.6 Å². The maximum atomic E-state index is 10.7. The molecule has 1 aromatic heterocycles. The normalized spacial score (nSPS) is 11.4. The monoisotopic (exact) mass is 207 g/mol. The molecule has 0 saturated heterocycles. The molecule has 0 bridgehead atoms. The molecule has 82 valence electrons. The first kappa shape index (κ1) is 11.7. The predicted molar refractivity (Wildman–Crippen MR) is 58.7 cm³/mol. The summed E-state index contributed by atoms with van der Waals surface area (Å²) in [5, 5.41) is 8.76. The van der Waals surface area contributed by atoms with Crippen LogP contribution >= 0.6 is 0 Å². The molecule has 0 radical (unpaired) electrons. The summed E-state index contributed by atoms with van der Waals surface area (Å²) in [5.74, 6) is -0.757. The van der Waals surface area contributed by atoms with Crippen LogP contribution in [0.1, 0.15) is 31.7 Å². The van der Waals surface area contributed by atoms with Crippen LogP contribution < -0.4 is 0 Å². The fourth-order valence-corrected chi connectivity index (χ4v) is 1.66. The number of aromatic nitrogens is 1. The lowest BCUT2D eigenvalue weighted by Gasteiger charge is -2.21. The number of hydrogen-bond donors (Lipinski definition) is 1. The predicted octanol–water partition coefficient (Wildman–Crippen LogP) is 2.43. The highest BCUT2D eigenvalue weighted by Crippen LogP contribution is 2.25. The maximum Gasteiger partial charge on any atom is 0.303 e. The summed E-state index contributed by atoms with van der Waals surface area (Å²) in [6, 6.07) is 5.83. The van der Waals surface area contributed by atoms with Gasteiger partial charge in [-0.2, -0.15) is 0 Å². The van der Waals surface area contributed by atoms with Crippen molar-refractivity contribution in [1.29, 1.82) is 0 Å². The Hall–Kier alpha value is -1.38. The van der Waals surface area contributed by atoms with E-state index >= 15 is 0 Å². The van der Waals surface area contributed by atoms with Gasteiger partial charge in [-0.25, -0.2) is 0 Å². The Morgan fingerprint density at radius 3 is 2.67 bits per heavy atom. The minimum absolute atomic E-state index is 0.169. The summed E-state index contributed by atoms with van der Waals surface area (Å²) < 4.78 is 0. The molecule has 0 aliphatic carbocycles. The number of carboxylic acid groups (broad SMARTS) is 1. The highest BCUT2D eigenvalue weighted by Gasteiger charge is 2.22. The molecule has 0 aliphatic heterocycles. The zero-order valence-corrected chi connectivity index (χ0v) is 9.45. The lowest BCUT2D eigenvalue weighted by molar-refractivity contribution is -0.139. The summed E-state index contributed by atoms with van der Waals surface area (Å²) in [7, 11) is 0. The van der Waals surface area contributed by atoms with Crippen molar-refractivity contribution in [3.63, 3.8) is 0 Å². The maximum absolute atomic E-state index is 10.7. The summed E-state index contributed by atoms with van der Waals surface area (Å²) in [4.78, 5) is 15.0. The van der Waals surface area contributed by atoms with Gasteiger partial charge in [0.1, 0.15) is 0 Å². The van der Waals surface area contributed by atoms with Crippen LogP contribution in [0, 0.1) is 12.3 Å². The van der Waals surface area contributed by atoms with Gasteiger partial charge in [-0.15, -0.1) is 0 Å². The second-order valence-electron chi connectivity index (χ2n) is 4.68. The highest BCUT2D eigenvalue weighted by atomic mass is 16.4. The standard InChI is InChI=1S/C12H17NO2/c1-9-5-4-6-10(13-9)7-12(2,3)8-11(14)15/h4-6H,7-8H2,1-3H3,(H,14,15). The van der Waals surface area contributed by atoms with Crippen LogP contribution in [0.15, 0.2) is 18.2 Å². The van der Waals surface area contributed by atoms with Crippen molar-refractivity contribution >= 4 is 5.97 Å². The van der Waals surface area contributed by atoms with E-state index in [2.05, 4.69) is 4.98 Å². The molecule has 1 N–H and O–H groups in total. The first-order valence-corrected chi connectivity index (χ1v) is 5.03. The molecule has 3 heteroatoms. The lowest BCUT2D eigenvalue weighted by atomic mass is 9.84. The third-order valence-electron chi connectivity index (χ3n) is 2.24. The molecule has 0 saturated carbocycles. The van der Waals surface area contributed by atoms with Gasteiger partial charge in [-0.05, 0) is 30.9 Å². The third kappa shape index (κ3) is 4.11. The van der Waals surface area contributed by atoms with E-state index in [-0.39, 0.29) is 11.8 Å². The molecule has 0 unspecified atom stereocenters. The van der Waals surface area contributed by atoms with Gasteiger partial charge < -0.3 is 5.11 Å². The fraction of sp³-hybridized carbons (Fsp3) is 0.500. The largest absolute Gasteiger partial charge is 0.481 e. The van der Waals surface area contributed by atoms with Crippen LogP contribution in [0.4, 0.5) is 0 Å². The fourth-order valence-electron chi connectivity index (χ4n) is 1.66. The molecule has 1 aromatic rings. The van der Waals surface area contributed by atoms with E-state index in [0.717, 1.165) is 11.4 Å². The topological polar surface area (TPSA) is 50.2 Å². The van der Waals surface area contributed by atoms with Crippen LogP contribution in [0.2, 0.25) is 0 Å². The highest BCUT2D eigenvalue weighted by molar-refractivity contribution is 5.67. The van der Waals surface area contributed by atoms with Crippen LogP contribution in [-0.4, -0.2) is 16.1 Å². The summed E-state index contributed by atoms with van der Waals surface area (Å²) >= 11 is 0. The zero-order valence-electron chi connectivity index (χ0n) is 9.45. The van der Waals surface area contributed by atoms with Crippen molar-refractivity contribution in [2.75, 3.05) is 0 Å². The molecular formula is C12H17NO2. The number of carboxylic acids is 1. The number of aliphatic carboxylic acids is 1. The average Bonchev–Trinajstić information content (AvgIpc) is 1.99. The number of nitrogens with zero attached hydrogens (tertiary/aromatic N) is 1. The number of pyridine rings is 1. The Morgan fingerprint density at radius 1 is 1.47 bits per heavy atom. The summed E-state index contributed by atoms with van der Waals surface area (Å²) in [5.41, 5.74) is 1.69. The number of hydrogen-bond acceptors (Lipinski definition) is 2. The van der Waals surface area contributed by atoms with Crippen molar-refractivity contribution in [1.82, 2.24) is 4.98 Å². The molecule has 3 nitrogen and oxygen atoms in total. The van der Waals surface area contributed by atoms with Crippen molar-refractivity contribution in [3.8, 4) is 0 Å². The second kappa shape index (κ2) is 4.43. The Bertz CT molecular complexity index is 358. The average molecular weight is 207 g/mol. The van der Waals surface area contributed by atoms with Gasteiger partial charge in [-0.3, -0.25) is 9.78 Å². The lowest BCUT2D eigenvalue weighted by Crippen LogP contribution is -2.20. The van der Waals surface area contributed by atoms with Gasteiger partial charge in [-0.1, -0.05) is 19.9 Å². The van der Waals surface area contributed by atoms with Crippen LogP contribution in [0.5, 0.6) is 0 Å². The van der Waals surface area contributed by atoms with Crippen molar-refractivity contribution in [3.05, 3.63) is 29.6 Å². The Labute approximate surface area is 90.2 Å². The second-order valence-corrected chi connectivity index (χ2v) is 4.68. The zero-order chi connectivity index (χ0) is 11.5. The Morgan fingerprint density at radius 2 is 2.13 bits per heavy atom. The molecule has 15 heavy (non-hydrogen) atoms. The van der Waals surface area contributed by atoms with Crippen LogP contribution in [0.25, 0.3) is 0 Å². The van der Waals surface area contributed by atoms with E-state index in [1.807, 2.05) is 39.0 Å². The number of aryl methyl sites for hydroxylation is 1. The van der Waals surface area contributed by atoms with Gasteiger partial charge in [0.25, 0.3) is 0 Å². The van der Waals surface area contributed by atoms with Gasteiger partial charge in [0.15, 0.2) is 0 Å². The summed E-state index contributed by atoms with van der Waals surface area (Å²) in [6.45, 7) is 5.84. The molecule has 0 fully saturated rings. The SMILES string of the molecule is Cc1cccc(CC(C)(C)CC(=O)O)n1. The van der Waals surface area contributed by atoms with Gasteiger partial charge in [0, 0.05) is 11.4 Å².